The van der Waals surface area contributed by atoms with Crippen LogP contribution in [0, 0.1) is 11.6 Å². The SMILES string of the molecule is Nc1ccc(O)c(-c2ccccc2F)c1F. The van der Waals surface area contributed by atoms with Crippen molar-refractivity contribution in [2.24, 2.45) is 0 Å². The second kappa shape index (κ2) is 3.81. The normalized spacial score (nSPS) is 10.4. The van der Waals surface area contributed by atoms with Gasteiger partial charge in [-0.15, -0.1) is 0 Å². The highest BCUT2D eigenvalue weighted by atomic mass is 19.1. The maximum absolute atomic E-state index is 13.7. The number of hydrogen-bond acceptors (Lipinski definition) is 2. The summed E-state index contributed by atoms with van der Waals surface area (Å²) in [6.07, 6.45) is 0. The molecule has 0 fully saturated rings. The molecule has 0 saturated heterocycles. The van der Waals surface area contributed by atoms with Gasteiger partial charge < -0.3 is 10.8 Å². The molecule has 0 radical (unpaired) electrons. The van der Waals surface area contributed by atoms with Crippen molar-refractivity contribution in [3.05, 3.63) is 48.0 Å². The lowest BCUT2D eigenvalue weighted by molar-refractivity contribution is 0.471. The zero-order valence-corrected chi connectivity index (χ0v) is 8.24. The fourth-order valence-electron chi connectivity index (χ4n) is 1.50. The lowest BCUT2D eigenvalue weighted by Gasteiger charge is -2.08. The Kier molecular flexibility index (Phi) is 2.48. The van der Waals surface area contributed by atoms with Crippen LogP contribution in [0.15, 0.2) is 36.4 Å². The molecule has 0 aliphatic carbocycles. The molecule has 0 heterocycles. The van der Waals surface area contributed by atoms with E-state index in [1.165, 1.54) is 30.3 Å². The van der Waals surface area contributed by atoms with Crippen LogP contribution < -0.4 is 5.73 Å². The van der Waals surface area contributed by atoms with Gasteiger partial charge in [-0.2, -0.15) is 0 Å². The van der Waals surface area contributed by atoms with Gasteiger partial charge in [0.05, 0.1) is 11.3 Å². The van der Waals surface area contributed by atoms with Gasteiger partial charge in [0.2, 0.25) is 0 Å². The van der Waals surface area contributed by atoms with E-state index in [2.05, 4.69) is 0 Å². The van der Waals surface area contributed by atoms with Gasteiger partial charge in [0.15, 0.2) is 5.82 Å². The van der Waals surface area contributed by atoms with Crippen molar-refractivity contribution in [2.45, 2.75) is 0 Å². The molecule has 82 valence electrons. The average Bonchev–Trinajstić information content (AvgIpc) is 2.27. The molecule has 0 aliphatic rings. The minimum atomic E-state index is -0.815. The van der Waals surface area contributed by atoms with Crippen LogP contribution in [0.1, 0.15) is 0 Å². The number of nitrogen functional groups attached to an aromatic ring is 1. The molecular weight excluding hydrogens is 212 g/mol. The molecule has 0 bridgehead atoms. The van der Waals surface area contributed by atoms with Crippen LogP contribution >= 0.6 is 0 Å². The molecule has 0 saturated carbocycles. The van der Waals surface area contributed by atoms with Crippen LogP contribution in [0.25, 0.3) is 11.1 Å². The summed E-state index contributed by atoms with van der Waals surface area (Å²) in [6.45, 7) is 0. The highest BCUT2D eigenvalue weighted by Crippen LogP contribution is 2.35. The first-order chi connectivity index (χ1) is 7.61. The number of nitrogens with two attached hydrogens (primary N) is 1. The van der Waals surface area contributed by atoms with Gasteiger partial charge in [0.1, 0.15) is 11.6 Å². The molecule has 0 spiro atoms. The van der Waals surface area contributed by atoms with Crippen LogP contribution in [0.4, 0.5) is 14.5 Å². The van der Waals surface area contributed by atoms with Crippen molar-refractivity contribution in [1.82, 2.24) is 0 Å². The second-order valence-electron chi connectivity index (χ2n) is 3.34. The maximum Gasteiger partial charge on any atom is 0.157 e. The predicted molar refractivity (Wildman–Crippen MR) is 57.9 cm³/mol. The standard InChI is InChI=1S/C12H9F2NO/c13-8-4-2-1-3-7(8)11-10(16)6-5-9(15)12(11)14/h1-6,16H,15H2. The van der Waals surface area contributed by atoms with E-state index < -0.39 is 11.6 Å². The quantitative estimate of drug-likeness (QED) is 0.574. The lowest BCUT2D eigenvalue weighted by atomic mass is 10.0. The van der Waals surface area contributed by atoms with E-state index in [4.69, 9.17) is 5.73 Å². The van der Waals surface area contributed by atoms with Crippen molar-refractivity contribution in [1.29, 1.82) is 0 Å². The van der Waals surface area contributed by atoms with Gasteiger partial charge in [-0.1, -0.05) is 18.2 Å². The van der Waals surface area contributed by atoms with Crippen LogP contribution in [-0.4, -0.2) is 5.11 Å². The number of anilines is 1. The molecule has 0 amide bonds. The molecule has 16 heavy (non-hydrogen) atoms. The molecule has 3 N–H and O–H groups in total. The van der Waals surface area contributed by atoms with E-state index >= 15 is 0 Å². The highest BCUT2D eigenvalue weighted by Gasteiger charge is 2.16. The summed E-state index contributed by atoms with van der Waals surface area (Å²) in [5, 5.41) is 9.53. The molecule has 2 aromatic carbocycles. The number of phenols is 1. The summed E-state index contributed by atoms with van der Waals surface area (Å²) < 4.78 is 27.1. The van der Waals surface area contributed by atoms with Crippen LogP contribution in [0.3, 0.4) is 0 Å². The third kappa shape index (κ3) is 1.58. The monoisotopic (exact) mass is 221 g/mol. The number of hydrogen-bond donors (Lipinski definition) is 2. The van der Waals surface area contributed by atoms with E-state index in [9.17, 15) is 13.9 Å². The molecule has 2 rings (SSSR count). The third-order valence-corrected chi connectivity index (χ3v) is 2.29. The number of halogens is 2. The van der Waals surface area contributed by atoms with Gasteiger partial charge in [0.25, 0.3) is 0 Å². The fraction of sp³-hybridized carbons (Fsp3) is 0. The Labute approximate surface area is 91.0 Å². The Morgan fingerprint density at radius 3 is 2.38 bits per heavy atom. The first-order valence-corrected chi connectivity index (χ1v) is 4.63. The van der Waals surface area contributed by atoms with E-state index in [0.717, 1.165) is 0 Å². The van der Waals surface area contributed by atoms with E-state index in [1.54, 1.807) is 6.07 Å². The van der Waals surface area contributed by atoms with Crippen LogP contribution in [0.2, 0.25) is 0 Å². The minimum Gasteiger partial charge on any atom is -0.507 e. The second-order valence-corrected chi connectivity index (χ2v) is 3.34. The van der Waals surface area contributed by atoms with Gasteiger partial charge in [-0.25, -0.2) is 8.78 Å². The van der Waals surface area contributed by atoms with E-state index in [1.807, 2.05) is 0 Å². The van der Waals surface area contributed by atoms with Crippen molar-refractivity contribution < 1.29 is 13.9 Å². The molecule has 2 aromatic rings. The number of phenolic OH excluding ortho intramolecular Hbond substituents is 1. The smallest absolute Gasteiger partial charge is 0.157 e. The molecule has 4 heteroatoms. The summed E-state index contributed by atoms with van der Waals surface area (Å²) in [7, 11) is 0. The van der Waals surface area contributed by atoms with Crippen molar-refractivity contribution in [3.8, 4) is 16.9 Å². The van der Waals surface area contributed by atoms with Crippen molar-refractivity contribution in [3.63, 3.8) is 0 Å². The van der Waals surface area contributed by atoms with Crippen LogP contribution in [-0.2, 0) is 0 Å². The Balaban J connectivity index is 2.74. The summed E-state index contributed by atoms with van der Waals surface area (Å²) in [5.74, 6) is -1.76. The molecular formula is C12H9F2NO. The Morgan fingerprint density at radius 2 is 1.69 bits per heavy atom. The number of benzene rings is 2. The van der Waals surface area contributed by atoms with Gasteiger partial charge in [-0.3, -0.25) is 0 Å². The number of aromatic hydroxyl groups is 1. The molecule has 0 atom stereocenters. The zero-order valence-electron chi connectivity index (χ0n) is 8.24. The summed E-state index contributed by atoms with van der Waals surface area (Å²) in [4.78, 5) is 0. The van der Waals surface area contributed by atoms with E-state index in [0.29, 0.717) is 0 Å². The summed E-state index contributed by atoms with van der Waals surface area (Å²) in [6, 6.07) is 8.08. The first kappa shape index (κ1) is 10.4. The lowest BCUT2D eigenvalue weighted by Crippen LogP contribution is -1.95. The third-order valence-electron chi connectivity index (χ3n) is 2.29. The van der Waals surface area contributed by atoms with Crippen molar-refractivity contribution >= 4 is 5.69 Å². The Morgan fingerprint density at radius 1 is 1.00 bits per heavy atom. The van der Waals surface area contributed by atoms with Crippen molar-refractivity contribution in [2.75, 3.05) is 5.73 Å². The molecule has 0 unspecified atom stereocenters. The fourth-order valence-corrected chi connectivity index (χ4v) is 1.50. The predicted octanol–water partition coefficient (Wildman–Crippen LogP) is 2.92. The van der Waals surface area contributed by atoms with E-state index in [-0.39, 0.29) is 22.6 Å². The van der Waals surface area contributed by atoms with Gasteiger partial charge >= 0.3 is 0 Å². The molecule has 0 aromatic heterocycles. The topological polar surface area (TPSA) is 46.2 Å². The number of rotatable bonds is 1. The molecule has 0 aliphatic heterocycles. The highest BCUT2D eigenvalue weighted by molar-refractivity contribution is 5.74. The van der Waals surface area contributed by atoms with Gasteiger partial charge in [0, 0.05) is 5.56 Å². The first-order valence-electron chi connectivity index (χ1n) is 4.63. The Bertz CT molecular complexity index is 541. The average molecular weight is 221 g/mol. The maximum atomic E-state index is 13.7. The minimum absolute atomic E-state index is 0.00944. The van der Waals surface area contributed by atoms with Gasteiger partial charge in [-0.05, 0) is 18.2 Å². The van der Waals surface area contributed by atoms with Crippen LogP contribution in [0.5, 0.6) is 5.75 Å². The summed E-state index contributed by atoms with van der Waals surface area (Å²) >= 11 is 0. The molecule has 2 nitrogen and oxygen atoms in total. The zero-order chi connectivity index (χ0) is 11.7. The summed E-state index contributed by atoms with van der Waals surface area (Å²) in [5.41, 5.74) is 5.02. The largest absolute Gasteiger partial charge is 0.507 e. The Hall–Kier alpha value is -2.10.